The van der Waals surface area contributed by atoms with Crippen molar-refractivity contribution in [3.8, 4) is 0 Å². The van der Waals surface area contributed by atoms with E-state index in [1.165, 1.54) is 0 Å². The fourth-order valence-electron chi connectivity index (χ4n) is 2.60. The third kappa shape index (κ3) is 2.74. The lowest BCUT2D eigenvalue weighted by atomic mass is 9.93. The van der Waals surface area contributed by atoms with Crippen molar-refractivity contribution in [1.29, 1.82) is 0 Å². The number of aliphatic hydroxyl groups excluding tert-OH is 1. The molecular formula is C12H21NO3. The Bertz CT molecular complexity index is 230. The topological polar surface area (TPSA) is 49.8 Å². The summed E-state index contributed by atoms with van der Waals surface area (Å²) >= 11 is 0. The Morgan fingerprint density at radius 3 is 2.62 bits per heavy atom. The van der Waals surface area contributed by atoms with Crippen LogP contribution in [0.4, 0.5) is 0 Å². The number of aliphatic hydroxyl groups is 1. The molecule has 2 fully saturated rings. The van der Waals surface area contributed by atoms with Gasteiger partial charge in [0.05, 0.1) is 0 Å². The molecular weight excluding hydrogens is 206 g/mol. The number of carbonyl (C=O) groups is 1. The number of amides is 1. The molecule has 2 aliphatic rings. The lowest BCUT2D eigenvalue weighted by Crippen LogP contribution is -2.43. The van der Waals surface area contributed by atoms with Crippen molar-refractivity contribution in [2.75, 3.05) is 26.3 Å². The van der Waals surface area contributed by atoms with E-state index >= 15 is 0 Å². The quantitative estimate of drug-likeness (QED) is 0.775. The fraction of sp³-hybridized carbons (Fsp3) is 0.917. The minimum atomic E-state index is -0.172. The van der Waals surface area contributed by atoms with Crippen molar-refractivity contribution in [3.05, 3.63) is 0 Å². The summed E-state index contributed by atoms with van der Waals surface area (Å²) in [5.41, 5.74) is 0. The number of carbonyl (C=O) groups excluding carboxylic acids is 1. The van der Waals surface area contributed by atoms with E-state index in [4.69, 9.17) is 9.84 Å². The summed E-state index contributed by atoms with van der Waals surface area (Å²) < 4.78 is 5.41. The average Bonchev–Trinajstić information content (AvgIpc) is 2.83. The molecule has 16 heavy (non-hydrogen) atoms. The number of rotatable bonds is 3. The standard InChI is InChI=1S/C12H21NO3/c14-8-5-10-3-6-13(7-4-10)12(15)11-2-1-9-16-11/h10-11,14H,1-9H2. The first-order valence-corrected chi connectivity index (χ1v) is 6.32. The van der Waals surface area contributed by atoms with Gasteiger partial charge in [0.25, 0.3) is 5.91 Å². The molecule has 1 amide bonds. The van der Waals surface area contributed by atoms with Crippen LogP contribution in [0.3, 0.4) is 0 Å². The molecule has 1 unspecified atom stereocenters. The highest BCUT2D eigenvalue weighted by Gasteiger charge is 2.30. The Morgan fingerprint density at radius 2 is 2.06 bits per heavy atom. The first-order chi connectivity index (χ1) is 7.81. The molecule has 0 radical (unpaired) electrons. The maximum atomic E-state index is 12.0. The van der Waals surface area contributed by atoms with Crippen molar-refractivity contribution in [2.24, 2.45) is 5.92 Å². The minimum absolute atomic E-state index is 0.172. The summed E-state index contributed by atoms with van der Waals surface area (Å²) in [6, 6.07) is 0. The fourth-order valence-corrected chi connectivity index (χ4v) is 2.60. The molecule has 0 spiro atoms. The summed E-state index contributed by atoms with van der Waals surface area (Å²) in [4.78, 5) is 14.0. The molecule has 0 aromatic carbocycles. The predicted octanol–water partition coefficient (Wildman–Crippen LogP) is 0.786. The van der Waals surface area contributed by atoms with Crippen LogP contribution in [0.1, 0.15) is 32.1 Å². The van der Waals surface area contributed by atoms with Gasteiger partial charge in [0.15, 0.2) is 0 Å². The lowest BCUT2D eigenvalue weighted by molar-refractivity contribution is -0.142. The van der Waals surface area contributed by atoms with E-state index < -0.39 is 0 Å². The Labute approximate surface area is 96.6 Å². The van der Waals surface area contributed by atoms with E-state index in [0.717, 1.165) is 51.8 Å². The maximum Gasteiger partial charge on any atom is 0.251 e. The van der Waals surface area contributed by atoms with Crippen LogP contribution in [0.5, 0.6) is 0 Å². The van der Waals surface area contributed by atoms with Gasteiger partial charge in [-0.05, 0) is 38.0 Å². The Morgan fingerprint density at radius 1 is 1.31 bits per heavy atom. The second-order valence-corrected chi connectivity index (χ2v) is 4.78. The Kier molecular flexibility index (Phi) is 4.18. The number of ether oxygens (including phenoxy) is 1. The molecule has 2 heterocycles. The van der Waals surface area contributed by atoms with E-state index in [-0.39, 0.29) is 18.6 Å². The minimum Gasteiger partial charge on any atom is -0.396 e. The van der Waals surface area contributed by atoms with Crippen molar-refractivity contribution in [2.45, 2.75) is 38.2 Å². The second-order valence-electron chi connectivity index (χ2n) is 4.78. The van der Waals surface area contributed by atoms with E-state index in [9.17, 15) is 4.79 Å². The van der Waals surface area contributed by atoms with Gasteiger partial charge in [-0.15, -0.1) is 0 Å². The molecule has 0 aromatic rings. The molecule has 0 saturated carbocycles. The van der Waals surface area contributed by atoms with E-state index in [2.05, 4.69) is 0 Å². The molecule has 4 nitrogen and oxygen atoms in total. The molecule has 4 heteroatoms. The van der Waals surface area contributed by atoms with Gasteiger partial charge in [0.1, 0.15) is 6.10 Å². The van der Waals surface area contributed by atoms with Crippen LogP contribution in [-0.4, -0.2) is 48.3 Å². The van der Waals surface area contributed by atoms with Gasteiger partial charge in [0.2, 0.25) is 0 Å². The van der Waals surface area contributed by atoms with Crippen LogP contribution in [0.15, 0.2) is 0 Å². The molecule has 92 valence electrons. The predicted molar refractivity (Wildman–Crippen MR) is 60.0 cm³/mol. The zero-order valence-electron chi connectivity index (χ0n) is 9.73. The van der Waals surface area contributed by atoms with Crippen LogP contribution in [0.2, 0.25) is 0 Å². The van der Waals surface area contributed by atoms with Gasteiger partial charge < -0.3 is 14.7 Å². The first-order valence-electron chi connectivity index (χ1n) is 6.32. The zero-order valence-corrected chi connectivity index (χ0v) is 9.73. The summed E-state index contributed by atoms with van der Waals surface area (Å²) in [5.74, 6) is 0.776. The van der Waals surface area contributed by atoms with E-state index in [1.807, 2.05) is 4.90 Å². The van der Waals surface area contributed by atoms with Crippen molar-refractivity contribution < 1.29 is 14.6 Å². The largest absolute Gasteiger partial charge is 0.396 e. The third-order valence-electron chi connectivity index (χ3n) is 3.67. The van der Waals surface area contributed by atoms with Crippen molar-refractivity contribution in [1.82, 2.24) is 4.90 Å². The Balaban J connectivity index is 1.77. The van der Waals surface area contributed by atoms with Crippen LogP contribution in [-0.2, 0) is 9.53 Å². The van der Waals surface area contributed by atoms with Crippen LogP contribution in [0.25, 0.3) is 0 Å². The monoisotopic (exact) mass is 227 g/mol. The summed E-state index contributed by atoms with van der Waals surface area (Å²) in [6.45, 7) is 2.68. The number of nitrogens with zero attached hydrogens (tertiary/aromatic N) is 1. The maximum absolute atomic E-state index is 12.0. The second kappa shape index (κ2) is 5.64. The molecule has 2 rings (SSSR count). The third-order valence-corrected chi connectivity index (χ3v) is 3.67. The molecule has 0 aliphatic carbocycles. The molecule has 1 N–H and O–H groups in total. The van der Waals surface area contributed by atoms with Gasteiger partial charge >= 0.3 is 0 Å². The van der Waals surface area contributed by atoms with Crippen LogP contribution >= 0.6 is 0 Å². The molecule has 2 aliphatic heterocycles. The average molecular weight is 227 g/mol. The van der Waals surface area contributed by atoms with E-state index in [1.54, 1.807) is 0 Å². The van der Waals surface area contributed by atoms with Crippen molar-refractivity contribution in [3.63, 3.8) is 0 Å². The molecule has 0 aromatic heterocycles. The Hall–Kier alpha value is -0.610. The highest BCUT2D eigenvalue weighted by atomic mass is 16.5. The van der Waals surface area contributed by atoms with Crippen LogP contribution < -0.4 is 0 Å². The lowest BCUT2D eigenvalue weighted by Gasteiger charge is -2.33. The summed E-state index contributed by atoms with van der Waals surface area (Å²) in [7, 11) is 0. The highest BCUT2D eigenvalue weighted by Crippen LogP contribution is 2.22. The number of piperidine rings is 1. The number of likely N-dealkylation sites (tertiary alicyclic amines) is 1. The SMILES string of the molecule is O=C(C1CCCO1)N1CCC(CCO)CC1. The number of hydrogen-bond acceptors (Lipinski definition) is 3. The van der Waals surface area contributed by atoms with Crippen molar-refractivity contribution >= 4 is 5.91 Å². The first kappa shape index (κ1) is 11.9. The molecule has 0 bridgehead atoms. The molecule has 2 saturated heterocycles. The summed E-state index contributed by atoms with van der Waals surface area (Å²) in [5, 5.41) is 8.87. The normalized spacial score (nSPS) is 27.3. The van der Waals surface area contributed by atoms with Gasteiger partial charge in [-0.25, -0.2) is 0 Å². The van der Waals surface area contributed by atoms with Gasteiger partial charge in [0, 0.05) is 26.3 Å². The van der Waals surface area contributed by atoms with Crippen LogP contribution in [0, 0.1) is 5.92 Å². The van der Waals surface area contributed by atoms with Gasteiger partial charge in [-0.3, -0.25) is 4.79 Å². The highest BCUT2D eigenvalue weighted by molar-refractivity contribution is 5.81. The van der Waals surface area contributed by atoms with Gasteiger partial charge in [-0.2, -0.15) is 0 Å². The zero-order chi connectivity index (χ0) is 11.4. The smallest absolute Gasteiger partial charge is 0.251 e. The van der Waals surface area contributed by atoms with E-state index in [0.29, 0.717) is 5.92 Å². The number of hydrogen-bond donors (Lipinski definition) is 1. The van der Waals surface area contributed by atoms with Gasteiger partial charge in [-0.1, -0.05) is 0 Å². The summed E-state index contributed by atoms with van der Waals surface area (Å²) in [6.07, 6.45) is 4.65. The molecule has 1 atom stereocenters.